The van der Waals surface area contributed by atoms with Gasteiger partial charge in [-0.1, -0.05) is 12.1 Å². The highest BCUT2D eigenvalue weighted by Gasteiger charge is 2.26. The molecule has 25 heavy (non-hydrogen) atoms. The Morgan fingerprint density at radius 1 is 1.28 bits per heavy atom. The van der Waals surface area contributed by atoms with E-state index < -0.39 is 0 Å². The molecule has 0 amide bonds. The minimum absolute atomic E-state index is 0.434. The molecule has 132 valence electrons. The van der Waals surface area contributed by atoms with Crippen LogP contribution in [0, 0.1) is 18.3 Å². The van der Waals surface area contributed by atoms with E-state index >= 15 is 0 Å². The molecule has 1 aliphatic rings. The first-order valence-corrected chi connectivity index (χ1v) is 8.72. The molecule has 1 atom stereocenters. The van der Waals surface area contributed by atoms with Crippen molar-refractivity contribution in [1.82, 2.24) is 9.47 Å². The Balaban J connectivity index is 1.71. The Hall–Kier alpha value is -2.45. The second kappa shape index (κ2) is 7.20. The van der Waals surface area contributed by atoms with E-state index in [1.165, 1.54) is 16.9 Å². The van der Waals surface area contributed by atoms with Crippen LogP contribution in [0.4, 0.5) is 5.69 Å². The summed E-state index contributed by atoms with van der Waals surface area (Å²) in [6, 6.07) is 12.9. The lowest BCUT2D eigenvalue weighted by atomic mass is 10.1. The molecule has 1 saturated heterocycles. The third kappa shape index (κ3) is 3.35. The summed E-state index contributed by atoms with van der Waals surface area (Å²) in [6.07, 6.45) is 0. The van der Waals surface area contributed by atoms with Crippen LogP contribution < -0.4 is 9.64 Å². The second-order valence-corrected chi connectivity index (χ2v) is 6.75. The predicted molar refractivity (Wildman–Crippen MR) is 99.9 cm³/mol. The quantitative estimate of drug-likeness (QED) is 0.860. The van der Waals surface area contributed by atoms with Crippen molar-refractivity contribution < 1.29 is 4.74 Å². The topological polar surface area (TPSA) is 44.4 Å². The standard InChI is InChI=1S/C20H26N4O/c1-15-13-24(19-7-5-6-8-20(19)25-4)10-9-23(15)14-17-11-18(12-21)22(3)16(17)2/h5-8,11,15H,9-10,13-14H2,1-4H3/t15-/m0/s1. The molecule has 1 aromatic carbocycles. The predicted octanol–water partition coefficient (Wildman–Crippen LogP) is 2.92. The summed E-state index contributed by atoms with van der Waals surface area (Å²) in [7, 11) is 3.68. The first-order valence-electron chi connectivity index (χ1n) is 8.72. The molecular weight excluding hydrogens is 312 g/mol. The van der Waals surface area contributed by atoms with E-state index in [1.54, 1.807) is 7.11 Å². The third-order valence-electron chi connectivity index (χ3n) is 5.32. The van der Waals surface area contributed by atoms with Crippen LogP contribution in [0.15, 0.2) is 30.3 Å². The molecule has 1 aliphatic heterocycles. The van der Waals surface area contributed by atoms with Gasteiger partial charge in [-0.15, -0.1) is 0 Å². The van der Waals surface area contributed by atoms with E-state index in [9.17, 15) is 5.26 Å². The normalized spacial score (nSPS) is 18.2. The van der Waals surface area contributed by atoms with Crippen molar-refractivity contribution in [2.75, 3.05) is 31.6 Å². The van der Waals surface area contributed by atoms with Crippen molar-refractivity contribution in [3.8, 4) is 11.8 Å². The molecule has 0 radical (unpaired) electrons. The van der Waals surface area contributed by atoms with Gasteiger partial charge in [-0.2, -0.15) is 5.26 Å². The zero-order valence-corrected chi connectivity index (χ0v) is 15.5. The maximum absolute atomic E-state index is 9.22. The van der Waals surface area contributed by atoms with E-state index in [4.69, 9.17) is 4.74 Å². The highest BCUT2D eigenvalue weighted by molar-refractivity contribution is 5.58. The number of anilines is 1. The average Bonchev–Trinajstić information content (AvgIpc) is 2.91. The Bertz CT molecular complexity index is 789. The molecule has 5 heteroatoms. The number of nitrogens with zero attached hydrogens (tertiary/aromatic N) is 4. The smallest absolute Gasteiger partial charge is 0.142 e. The molecule has 3 rings (SSSR count). The Morgan fingerprint density at radius 3 is 2.68 bits per heavy atom. The monoisotopic (exact) mass is 338 g/mol. The minimum atomic E-state index is 0.434. The fourth-order valence-electron chi connectivity index (χ4n) is 3.59. The highest BCUT2D eigenvalue weighted by atomic mass is 16.5. The average molecular weight is 338 g/mol. The van der Waals surface area contributed by atoms with Crippen LogP contribution in [0.25, 0.3) is 0 Å². The van der Waals surface area contributed by atoms with Gasteiger partial charge in [-0.3, -0.25) is 4.90 Å². The number of para-hydroxylation sites is 2. The lowest BCUT2D eigenvalue weighted by Gasteiger charge is -2.41. The lowest BCUT2D eigenvalue weighted by Crippen LogP contribution is -2.51. The van der Waals surface area contributed by atoms with Gasteiger partial charge >= 0.3 is 0 Å². The summed E-state index contributed by atoms with van der Waals surface area (Å²) in [4.78, 5) is 4.90. The van der Waals surface area contributed by atoms with Crippen LogP contribution in [-0.2, 0) is 13.6 Å². The zero-order chi connectivity index (χ0) is 18.0. The van der Waals surface area contributed by atoms with Gasteiger partial charge in [0.1, 0.15) is 17.5 Å². The molecule has 0 aliphatic carbocycles. The van der Waals surface area contributed by atoms with Crippen LogP contribution in [-0.4, -0.2) is 42.3 Å². The summed E-state index contributed by atoms with van der Waals surface area (Å²) in [5, 5.41) is 9.22. The summed E-state index contributed by atoms with van der Waals surface area (Å²) >= 11 is 0. The van der Waals surface area contributed by atoms with Crippen molar-refractivity contribution in [2.45, 2.75) is 26.4 Å². The number of hydrogen-bond acceptors (Lipinski definition) is 4. The summed E-state index contributed by atoms with van der Waals surface area (Å²) in [5.41, 5.74) is 4.32. The summed E-state index contributed by atoms with van der Waals surface area (Å²) in [5.74, 6) is 0.931. The number of aromatic nitrogens is 1. The van der Waals surface area contributed by atoms with E-state index in [0.29, 0.717) is 6.04 Å². The number of nitriles is 1. The van der Waals surface area contributed by atoms with Crippen LogP contribution in [0.2, 0.25) is 0 Å². The fourth-order valence-corrected chi connectivity index (χ4v) is 3.59. The van der Waals surface area contributed by atoms with Crippen LogP contribution in [0.1, 0.15) is 23.9 Å². The minimum Gasteiger partial charge on any atom is -0.495 e. The van der Waals surface area contributed by atoms with Gasteiger partial charge < -0.3 is 14.2 Å². The molecule has 1 aromatic heterocycles. The number of piperazine rings is 1. The van der Waals surface area contributed by atoms with Gasteiger partial charge in [0.05, 0.1) is 12.8 Å². The summed E-state index contributed by atoms with van der Waals surface area (Å²) < 4.78 is 7.49. The summed E-state index contributed by atoms with van der Waals surface area (Å²) in [6.45, 7) is 8.19. The van der Waals surface area contributed by atoms with E-state index in [-0.39, 0.29) is 0 Å². The molecule has 2 aromatic rings. The molecule has 1 fully saturated rings. The number of benzene rings is 1. The molecule has 0 saturated carbocycles. The highest BCUT2D eigenvalue weighted by Crippen LogP contribution is 2.30. The molecule has 0 unspecified atom stereocenters. The van der Waals surface area contributed by atoms with Crippen molar-refractivity contribution in [2.24, 2.45) is 7.05 Å². The first kappa shape index (κ1) is 17.4. The SMILES string of the molecule is COc1ccccc1N1CCN(Cc2cc(C#N)n(C)c2C)[C@@H](C)C1. The maximum Gasteiger partial charge on any atom is 0.142 e. The van der Waals surface area contributed by atoms with Gasteiger partial charge in [-0.05, 0) is 37.6 Å². The molecule has 2 heterocycles. The lowest BCUT2D eigenvalue weighted by molar-refractivity contribution is 0.180. The van der Waals surface area contributed by atoms with Gasteiger partial charge in [0.15, 0.2) is 0 Å². The first-order chi connectivity index (χ1) is 12.0. The molecule has 5 nitrogen and oxygen atoms in total. The van der Waals surface area contributed by atoms with Crippen molar-refractivity contribution in [3.63, 3.8) is 0 Å². The van der Waals surface area contributed by atoms with Crippen molar-refractivity contribution in [1.29, 1.82) is 5.26 Å². The Kier molecular flexibility index (Phi) is 5.00. The second-order valence-electron chi connectivity index (χ2n) is 6.75. The van der Waals surface area contributed by atoms with Gasteiger partial charge in [0.2, 0.25) is 0 Å². The maximum atomic E-state index is 9.22. The molecule has 0 bridgehead atoms. The number of hydrogen-bond donors (Lipinski definition) is 0. The number of methoxy groups -OCH3 is 1. The number of ether oxygens (including phenoxy) is 1. The zero-order valence-electron chi connectivity index (χ0n) is 15.5. The largest absolute Gasteiger partial charge is 0.495 e. The fraction of sp³-hybridized carbons (Fsp3) is 0.450. The van der Waals surface area contributed by atoms with E-state index in [0.717, 1.165) is 37.6 Å². The molecule has 0 N–H and O–H groups in total. The van der Waals surface area contributed by atoms with Gasteiger partial charge in [0.25, 0.3) is 0 Å². The van der Waals surface area contributed by atoms with Crippen LogP contribution in [0.3, 0.4) is 0 Å². The van der Waals surface area contributed by atoms with Crippen molar-refractivity contribution >= 4 is 5.69 Å². The Labute approximate surface area is 150 Å². The van der Waals surface area contributed by atoms with E-state index in [2.05, 4.69) is 41.8 Å². The number of rotatable bonds is 4. The van der Waals surface area contributed by atoms with E-state index in [1.807, 2.05) is 29.8 Å². The molecule has 0 spiro atoms. The third-order valence-corrected chi connectivity index (χ3v) is 5.32. The van der Waals surface area contributed by atoms with Gasteiger partial charge in [0, 0.05) is 45.0 Å². The van der Waals surface area contributed by atoms with Crippen molar-refractivity contribution in [3.05, 3.63) is 47.3 Å². The van der Waals surface area contributed by atoms with Crippen LogP contribution >= 0.6 is 0 Å². The Morgan fingerprint density at radius 2 is 2.04 bits per heavy atom. The van der Waals surface area contributed by atoms with Gasteiger partial charge in [-0.25, -0.2) is 0 Å². The van der Waals surface area contributed by atoms with Crippen LogP contribution in [0.5, 0.6) is 5.75 Å². The molecular formula is C20H26N4O.